The minimum atomic E-state index is -4.84. The van der Waals surface area contributed by atoms with Gasteiger partial charge < -0.3 is 4.74 Å². The van der Waals surface area contributed by atoms with Gasteiger partial charge >= 0.3 is 6.18 Å². The zero-order valence-corrected chi connectivity index (χ0v) is 14.3. The van der Waals surface area contributed by atoms with Crippen molar-refractivity contribution in [2.75, 3.05) is 6.61 Å². The highest BCUT2D eigenvalue weighted by Crippen LogP contribution is 2.47. The Hall–Kier alpha value is -2.29. The van der Waals surface area contributed by atoms with Crippen molar-refractivity contribution in [1.82, 2.24) is 0 Å². The highest BCUT2D eigenvalue weighted by atomic mass is 19.4. The minimum absolute atomic E-state index is 0.000769. The Labute approximate surface area is 147 Å². The van der Waals surface area contributed by atoms with E-state index in [0.29, 0.717) is 18.9 Å². The molecule has 9 heteroatoms. The van der Waals surface area contributed by atoms with Gasteiger partial charge in [0, 0.05) is 22.5 Å². The predicted octanol–water partition coefficient (Wildman–Crippen LogP) is 2.96. The number of hydrogen-bond donors (Lipinski definition) is 0. The van der Waals surface area contributed by atoms with Crippen molar-refractivity contribution >= 4 is 11.6 Å². The van der Waals surface area contributed by atoms with Gasteiger partial charge in [-0.2, -0.15) is 13.2 Å². The third-order valence-electron chi connectivity index (χ3n) is 4.61. The molecular formula is C17H18F3NO5. The molecule has 2 unspecified atom stereocenters. The van der Waals surface area contributed by atoms with Crippen molar-refractivity contribution in [2.24, 2.45) is 5.41 Å². The average molecular weight is 373 g/mol. The fourth-order valence-electron chi connectivity index (χ4n) is 2.78. The fourth-order valence-corrected chi connectivity index (χ4v) is 2.78. The molecule has 1 saturated carbocycles. The summed E-state index contributed by atoms with van der Waals surface area (Å²) >= 11 is 0. The number of carbonyl (C=O) groups is 2. The Balaban J connectivity index is 2.44. The molecule has 2 atom stereocenters. The standard InChI is InChI=1S/C17H18F3NO5/c1-4-26-14(15(23)16(3)7-8-16)13(22)10-5-6-11(17(18,19)20)9(2)12(10)21(24)25/h5-6,12,14H,2,4,7-8H2,1,3H3. The number of ether oxygens (including phenoxy) is 1. The third-order valence-corrected chi connectivity index (χ3v) is 4.61. The number of rotatable bonds is 7. The molecule has 0 bridgehead atoms. The first-order valence-electron chi connectivity index (χ1n) is 7.96. The van der Waals surface area contributed by atoms with Gasteiger partial charge in [0.2, 0.25) is 5.78 Å². The van der Waals surface area contributed by atoms with Crippen LogP contribution in [0.1, 0.15) is 26.7 Å². The van der Waals surface area contributed by atoms with Gasteiger partial charge in [-0.05, 0) is 31.9 Å². The van der Waals surface area contributed by atoms with Gasteiger partial charge in [0.1, 0.15) is 0 Å². The van der Waals surface area contributed by atoms with Crippen molar-refractivity contribution in [1.29, 1.82) is 0 Å². The number of nitro groups is 1. The quantitative estimate of drug-likeness (QED) is 0.389. The van der Waals surface area contributed by atoms with E-state index in [4.69, 9.17) is 4.74 Å². The van der Waals surface area contributed by atoms with Crippen LogP contribution < -0.4 is 0 Å². The monoisotopic (exact) mass is 373 g/mol. The maximum atomic E-state index is 13.0. The van der Waals surface area contributed by atoms with Crippen LogP contribution in [0.3, 0.4) is 0 Å². The van der Waals surface area contributed by atoms with E-state index in [1.54, 1.807) is 13.8 Å². The Morgan fingerprint density at radius 2 is 2.00 bits per heavy atom. The average Bonchev–Trinajstić information content (AvgIpc) is 3.28. The van der Waals surface area contributed by atoms with Crippen molar-refractivity contribution in [3.8, 4) is 0 Å². The Morgan fingerprint density at radius 1 is 1.42 bits per heavy atom. The van der Waals surface area contributed by atoms with Crippen LogP contribution in [0.2, 0.25) is 0 Å². The van der Waals surface area contributed by atoms with Gasteiger partial charge in [0.15, 0.2) is 11.9 Å². The van der Waals surface area contributed by atoms with Gasteiger partial charge in [0.05, 0.1) is 11.1 Å². The van der Waals surface area contributed by atoms with Crippen molar-refractivity contribution in [3.05, 3.63) is 45.6 Å². The van der Waals surface area contributed by atoms with E-state index in [9.17, 15) is 32.9 Å². The molecule has 0 saturated heterocycles. The lowest BCUT2D eigenvalue weighted by Gasteiger charge is -2.25. The van der Waals surface area contributed by atoms with E-state index >= 15 is 0 Å². The number of alkyl halides is 3. The minimum Gasteiger partial charge on any atom is -0.362 e. The van der Waals surface area contributed by atoms with Crippen molar-refractivity contribution in [2.45, 2.75) is 45.0 Å². The number of nitrogens with zero attached hydrogens (tertiary/aromatic N) is 1. The number of carbonyl (C=O) groups excluding carboxylic acids is 2. The van der Waals surface area contributed by atoms with Crippen LogP contribution in [0, 0.1) is 15.5 Å². The van der Waals surface area contributed by atoms with E-state index in [-0.39, 0.29) is 6.61 Å². The zero-order valence-electron chi connectivity index (χ0n) is 14.3. The molecule has 0 aromatic carbocycles. The van der Waals surface area contributed by atoms with Gasteiger partial charge in [-0.15, -0.1) is 0 Å². The first kappa shape index (κ1) is 20.0. The fraction of sp³-hybridized carbons (Fsp3) is 0.529. The van der Waals surface area contributed by atoms with E-state index in [2.05, 4.69) is 6.58 Å². The number of ketones is 2. The van der Waals surface area contributed by atoms with Crippen LogP contribution in [-0.4, -0.2) is 41.4 Å². The predicted molar refractivity (Wildman–Crippen MR) is 84.9 cm³/mol. The van der Waals surface area contributed by atoms with Crippen LogP contribution in [-0.2, 0) is 14.3 Å². The SMILES string of the molecule is C=C1C(C(F)(F)F)=CC=C(C(=O)C(OCC)C(=O)C2(C)CC2)C1[N+](=O)[O-]. The van der Waals surface area contributed by atoms with Crippen molar-refractivity contribution in [3.63, 3.8) is 0 Å². The number of Topliss-reactive ketones (excluding diaryl/α,β-unsaturated/α-hetero) is 2. The lowest BCUT2D eigenvalue weighted by atomic mass is 9.83. The normalized spacial score (nSPS) is 23.0. The summed E-state index contributed by atoms with van der Waals surface area (Å²) < 4.78 is 44.2. The van der Waals surface area contributed by atoms with E-state index in [1.807, 2.05) is 0 Å². The summed E-state index contributed by atoms with van der Waals surface area (Å²) in [6.45, 7) is 6.35. The van der Waals surface area contributed by atoms with Crippen LogP contribution in [0.5, 0.6) is 0 Å². The lowest BCUT2D eigenvalue weighted by molar-refractivity contribution is -0.501. The van der Waals surface area contributed by atoms with Crippen LogP contribution in [0.15, 0.2) is 35.5 Å². The second-order valence-corrected chi connectivity index (χ2v) is 6.54. The first-order valence-corrected chi connectivity index (χ1v) is 7.96. The van der Waals surface area contributed by atoms with E-state index < -0.39 is 56.9 Å². The molecule has 0 heterocycles. The molecule has 0 aromatic rings. The summed E-state index contributed by atoms with van der Waals surface area (Å²) in [7, 11) is 0. The third kappa shape index (κ3) is 3.62. The lowest BCUT2D eigenvalue weighted by Crippen LogP contribution is -2.43. The summed E-state index contributed by atoms with van der Waals surface area (Å²) in [6.07, 6.45) is -3.98. The summed E-state index contributed by atoms with van der Waals surface area (Å²) in [5, 5.41) is 11.3. The van der Waals surface area contributed by atoms with Crippen molar-refractivity contribution < 1.29 is 32.4 Å². The van der Waals surface area contributed by atoms with Crippen LogP contribution in [0.25, 0.3) is 0 Å². The molecule has 0 aromatic heterocycles. The molecule has 0 aliphatic heterocycles. The van der Waals surface area contributed by atoms with E-state index in [1.165, 1.54) is 0 Å². The second kappa shape index (κ2) is 6.79. The highest BCUT2D eigenvalue weighted by Gasteiger charge is 2.52. The Morgan fingerprint density at radius 3 is 2.42 bits per heavy atom. The molecule has 0 spiro atoms. The highest BCUT2D eigenvalue weighted by molar-refractivity contribution is 6.16. The molecule has 0 amide bonds. The zero-order chi connectivity index (χ0) is 19.9. The summed E-state index contributed by atoms with van der Waals surface area (Å²) in [5.74, 6) is -1.51. The topological polar surface area (TPSA) is 86.5 Å². The largest absolute Gasteiger partial charge is 0.416 e. The first-order chi connectivity index (χ1) is 11.9. The van der Waals surface area contributed by atoms with Crippen LogP contribution in [0.4, 0.5) is 13.2 Å². The number of halogens is 3. The van der Waals surface area contributed by atoms with Gasteiger partial charge in [0.25, 0.3) is 6.04 Å². The summed E-state index contributed by atoms with van der Waals surface area (Å²) in [4.78, 5) is 35.6. The summed E-state index contributed by atoms with van der Waals surface area (Å²) in [6, 6.07) is -2.08. The molecule has 2 aliphatic carbocycles. The summed E-state index contributed by atoms with van der Waals surface area (Å²) in [5.41, 5.74) is -3.39. The molecule has 1 fully saturated rings. The van der Waals surface area contributed by atoms with Gasteiger partial charge in [-0.1, -0.05) is 13.5 Å². The van der Waals surface area contributed by atoms with Crippen LogP contribution >= 0.6 is 0 Å². The second-order valence-electron chi connectivity index (χ2n) is 6.54. The number of allylic oxidation sites excluding steroid dienone is 2. The molecule has 2 aliphatic rings. The number of hydrogen-bond acceptors (Lipinski definition) is 5. The molecule has 0 N–H and O–H groups in total. The molecule has 26 heavy (non-hydrogen) atoms. The molecular weight excluding hydrogens is 355 g/mol. The Bertz CT molecular complexity index is 731. The van der Waals surface area contributed by atoms with Gasteiger partial charge in [-0.25, -0.2) is 0 Å². The Kier molecular flexibility index (Phi) is 5.23. The maximum absolute atomic E-state index is 13.0. The molecule has 6 nitrogen and oxygen atoms in total. The smallest absolute Gasteiger partial charge is 0.362 e. The molecule has 2 rings (SSSR count). The van der Waals surface area contributed by atoms with Gasteiger partial charge in [-0.3, -0.25) is 19.7 Å². The van der Waals surface area contributed by atoms with E-state index in [0.717, 1.165) is 6.08 Å². The maximum Gasteiger partial charge on any atom is 0.416 e. The molecule has 142 valence electrons. The molecule has 0 radical (unpaired) electrons.